The molecule has 1 saturated heterocycles. The molecule has 4 aromatic carbocycles. The molecule has 9 aliphatic rings. The maximum atomic E-state index is 15.3. The molecule has 0 spiro atoms. The quantitative estimate of drug-likeness (QED) is 0.0547. The van der Waals surface area contributed by atoms with Gasteiger partial charge in [-0.2, -0.15) is 6.42 Å². The summed E-state index contributed by atoms with van der Waals surface area (Å²) in [7, 11) is -2.42. The van der Waals surface area contributed by atoms with Crippen molar-refractivity contribution in [3.63, 3.8) is 0 Å². The zero-order valence-corrected chi connectivity index (χ0v) is 66.3. The van der Waals surface area contributed by atoms with E-state index >= 15 is 4.57 Å². The van der Waals surface area contributed by atoms with Gasteiger partial charge in [-0.25, -0.2) is 0 Å². The van der Waals surface area contributed by atoms with Gasteiger partial charge >= 0.3 is 18.9 Å². The summed E-state index contributed by atoms with van der Waals surface area (Å²) < 4.78 is 32.6. The molecule has 522 valence electrons. The molecule has 8 saturated carbocycles. The van der Waals surface area contributed by atoms with E-state index in [1.54, 1.807) is 49.9 Å². The minimum absolute atomic E-state index is 0. The predicted molar refractivity (Wildman–Crippen MR) is 410 cm³/mol. The Bertz CT molecular complexity index is 2340. The average Bonchev–Trinajstić information content (AvgIpc) is 1.76. The van der Waals surface area contributed by atoms with Crippen LogP contribution in [0, 0.1) is 18.8 Å². The van der Waals surface area contributed by atoms with E-state index in [0.717, 1.165) is 81.4 Å². The van der Waals surface area contributed by atoms with Crippen LogP contribution in [-0.4, -0.2) is 57.7 Å². The van der Waals surface area contributed by atoms with Crippen LogP contribution in [0.2, 0.25) is 0 Å². The molecular weight excluding hydrogens is 1380 g/mol. The van der Waals surface area contributed by atoms with E-state index in [-0.39, 0.29) is 76.3 Å². The van der Waals surface area contributed by atoms with Crippen LogP contribution in [0.25, 0.3) is 0 Å². The summed E-state index contributed by atoms with van der Waals surface area (Å²) in [5, 5.41) is 3.53. The molecule has 1 heterocycles. The minimum Gasteiger partial charge on any atom is -0.381 e. The van der Waals surface area contributed by atoms with E-state index in [1.165, 1.54) is 218 Å². The normalized spacial score (nSPS) is 23.3. The summed E-state index contributed by atoms with van der Waals surface area (Å²) in [6.45, 7) is 10.1. The molecule has 0 N–H and O–H groups in total. The number of rotatable bonds is 14. The van der Waals surface area contributed by atoms with Gasteiger partial charge in [0.25, 0.3) is 0 Å². The fourth-order valence-corrected chi connectivity index (χ4v) is 33.4. The molecule has 3 nitrogen and oxygen atoms in total. The molecule has 13 rings (SSSR count). The van der Waals surface area contributed by atoms with Crippen molar-refractivity contribution in [2.24, 2.45) is 11.8 Å². The number of hydrogen-bond acceptors (Lipinski definition) is 3. The molecule has 0 amide bonds. The average molecular weight is 1510 g/mol. The van der Waals surface area contributed by atoms with Gasteiger partial charge in [0.2, 0.25) is 6.49 Å². The number of unbranched alkanes of at least 4 members (excludes halogenated alkanes) is 1. The second kappa shape index (κ2) is 50.8. The first kappa shape index (κ1) is 87.8. The van der Waals surface area contributed by atoms with Crippen LogP contribution in [0.15, 0.2) is 121 Å². The maximum Gasteiger partial charge on any atom is 1.00 e. The number of alkyl halides is 1. The fourth-order valence-electron chi connectivity index (χ4n) is 16.9. The first-order valence-corrected chi connectivity index (χ1v) is 45.7. The second-order valence-corrected chi connectivity index (χ2v) is 42.1. The van der Waals surface area contributed by atoms with E-state index in [4.69, 9.17) is 16.0 Å². The number of ether oxygens (including phenoxy) is 1. The Morgan fingerprint density at radius 1 is 0.430 bits per heavy atom. The third-order valence-electron chi connectivity index (χ3n) is 21.8. The molecule has 0 bridgehead atoms. The van der Waals surface area contributed by atoms with Crippen molar-refractivity contribution in [2.45, 2.75) is 329 Å². The Morgan fingerprint density at radius 2 is 0.699 bits per heavy atom. The SMILES string of the molecule is C.C1CCCC1.C1CCCC1.C1CCOC1.C[C@H](C1CCCC1Br)P(C1CCCCC1)C1CCCCC1.C[C@H](C1CCCC1P(=O)(c1ccccc1)c1ccccc1)P(C1CCCCC1)C1CCCCC1.O=P(Cl)(c1ccccc1)c1ccccc1.[CH2-]CCC.[Fe].[Fe].[Li+]. The van der Waals surface area contributed by atoms with Gasteiger partial charge < -0.3 is 16.2 Å². The topological polar surface area (TPSA) is 43.4 Å². The largest absolute Gasteiger partial charge is 1.00 e. The summed E-state index contributed by atoms with van der Waals surface area (Å²) in [5.41, 5.74) is 6.28. The Balaban J connectivity index is 0.000000326. The summed E-state index contributed by atoms with van der Waals surface area (Å²) in [6.07, 6.45) is 58.0. The van der Waals surface area contributed by atoms with Gasteiger partial charge in [-0.05, 0) is 147 Å². The molecule has 4 unspecified atom stereocenters. The standard InChI is InChI=1S/C31H44OP2.C19H34BrP.C12H10ClOP.2C5H10.C4H8O.C4H9.CH4.2Fe.Li/c1-25(33(26-15-6-2-7-16-26)27-17-8-3-9-18-27)30-23-14-24-31(30)34(32,28-19-10-4-11-20-28)29-21-12-5-13-22-29;1-15(18-13-8-14-19(18)20)21(16-9-4-2-5-10-16)17-11-6-3-7-12-17;13-15(14,11-7-3-1-4-8-11)12-9-5-2-6-10-12;3*1-2-4-5-3-1;1-3-4-2;;;;/h4-5,10-13,19-22,25-27,30-31H,2-3,6-9,14-18,23-24H2,1H3;15-19H,2-14H2,1H3;1-10H;2*1-5H2;1-4H2;1,3-4H2,2H3;1H4;;;/q;;;;;;-1;;;;+1/t25-,30?,31?;15-,18?,19?;;;;;;;;;/m11........./s1. The minimum atomic E-state index is -2.93. The molecule has 12 heteroatoms. The monoisotopic (exact) mass is 1510 g/mol. The van der Waals surface area contributed by atoms with Gasteiger partial charge in [0.05, 0.1) is 0 Å². The van der Waals surface area contributed by atoms with Crippen molar-refractivity contribution < 1.29 is 66.9 Å². The van der Waals surface area contributed by atoms with E-state index in [9.17, 15) is 4.57 Å². The van der Waals surface area contributed by atoms with Crippen LogP contribution in [0.5, 0.6) is 0 Å². The van der Waals surface area contributed by atoms with Crippen molar-refractivity contribution in [3.05, 3.63) is 128 Å². The van der Waals surface area contributed by atoms with Gasteiger partial charge in [0.15, 0.2) is 0 Å². The zero-order valence-electron chi connectivity index (χ0n) is 58.2. The predicted octanol–water partition coefficient (Wildman–Crippen LogP) is 22.9. The van der Waals surface area contributed by atoms with Crippen molar-refractivity contribution in [1.29, 1.82) is 0 Å². The fraction of sp³-hybridized carbons (Fsp3) is 0.691. The molecule has 1 aliphatic heterocycles. The van der Waals surface area contributed by atoms with Crippen molar-refractivity contribution in [2.75, 3.05) is 13.2 Å². The van der Waals surface area contributed by atoms with Crippen LogP contribution in [0.3, 0.4) is 0 Å². The molecular formula is C81H129BrClFe2LiO3P4. The van der Waals surface area contributed by atoms with Crippen LogP contribution in [-0.2, 0) is 48.0 Å². The van der Waals surface area contributed by atoms with E-state index < -0.39 is 13.6 Å². The summed E-state index contributed by atoms with van der Waals surface area (Å²) in [5.74, 6) is 1.61. The maximum absolute atomic E-state index is 15.3. The molecule has 0 radical (unpaired) electrons. The number of benzene rings is 4. The first-order valence-electron chi connectivity index (χ1n) is 37.3. The van der Waals surface area contributed by atoms with E-state index in [0.29, 0.717) is 22.2 Å². The van der Waals surface area contributed by atoms with Crippen LogP contribution in [0.1, 0.15) is 285 Å². The van der Waals surface area contributed by atoms with Crippen molar-refractivity contribution >= 4 is 77.9 Å². The number of halogens is 2. The van der Waals surface area contributed by atoms with Crippen LogP contribution in [0.4, 0.5) is 0 Å². The van der Waals surface area contributed by atoms with Gasteiger partial charge in [-0.3, -0.25) is 4.57 Å². The molecule has 9 fully saturated rings. The van der Waals surface area contributed by atoms with Gasteiger partial charge in [-0.1, -0.05) is 342 Å². The van der Waals surface area contributed by atoms with Gasteiger partial charge in [-0.15, -0.1) is 0 Å². The Morgan fingerprint density at radius 3 is 0.968 bits per heavy atom. The van der Waals surface area contributed by atoms with Crippen molar-refractivity contribution in [1.82, 2.24) is 0 Å². The Hall–Kier alpha value is 0.566. The van der Waals surface area contributed by atoms with E-state index in [2.05, 4.69) is 104 Å². The Kier molecular flexibility index (Phi) is 48.0. The summed E-state index contributed by atoms with van der Waals surface area (Å²) in [4.78, 5) is 0.838. The summed E-state index contributed by atoms with van der Waals surface area (Å²) in [6, 6.07) is 39.4. The smallest absolute Gasteiger partial charge is 0.381 e. The van der Waals surface area contributed by atoms with Gasteiger partial charge in [0, 0.05) is 79.1 Å². The van der Waals surface area contributed by atoms with E-state index in [1.807, 2.05) is 36.4 Å². The zero-order chi connectivity index (χ0) is 62.8. The second-order valence-electron chi connectivity index (χ2n) is 28.1. The number of hydrogen-bond donors (Lipinski definition) is 0. The Labute approximate surface area is 622 Å². The molecule has 0 aromatic heterocycles. The molecule has 6 atom stereocenters. The molecule has 93 heavy (non-hydrogen) atoms. The molecule has 4 aromatic rings. The first-order chi connectivity index (χ1) is 43.6. The summed E-state index contributed by atoms with van der Waals surface area (Å²) >= 11 is 10.2. The van der Waals surface area contributed by atoms with Crippen LogP contribution >= 0.6 is 56.7 Å². The van der Waals surface area contributed by atoms with Crippen LogP contribution < -0.4 is 40.1 Å². The van der Waals surface area contributed by atoms with Gasteiger partial charge in [0.1, 0.15) is 7.14 Å². The molecule has 8 aliphatic carbocycles. The third kappa shape index (κ3) is 28.7. The third-order valence-corrected chi connectivity index (χ3v) is 37.8. The van der Waals surface area contributed by atoms with Crippen molar-refractivity contribution in [3.8, 4) is 0 Å².